The van der Waals surface area contributed by atoms with Gasteiger partial charge in [0.1, 0.15) is 5.75 Å². The van der Waals surface area contributed by atoms with E-state index in [0.717, 1.165) is 29.7 Å². The molecule has 1 saturated carbocycles. The van der Waals surface area contributed by atoms with Crippen LogP contribution >= 0.6 is 0 Å². The van der Waals surface area contributed by atoms with E-state index in [2.05, 4.69) is 15.1 Å². The molecule has 1 aromatic heterocycles. The average Bonchev–Trinajstić information content (AvgIpc) is 3.24. The van der Waals surface area contributed by atoms with E-state index in [1.165, 1.54) is 32.4 Å². The van der Waals surface area contributed by atoms with Crippen molar-refractivity contribution in [1.82, 2.24) is 15.1 Å². The molecule has 5 nitrogen and oxygen atoms in total. The summed E-state index contributed by atoms with van der Waals surface area (Å²) in [5.41, 5.74) is 0.929. The van der Waals surface area contributed by atoms with Crippen LogP contribution in [0.4, 0.5) is 0 Å². The normalized spacial score (nSPS) is 24.6. The van der Waals surface area contributed by atoms with Crippen LogP contribution in [0, 0.1) is 11.8 Å². The van der Waals surface area contributed by atoms with Gasteiger partial charge in [0.15, 0.2) is 0 Å². The third-order valence-corrected chi connectivity index (χ3v) is 4.96. The molecule has 2 atom stereocenters. The fourth-order valence-corrected chi connectivity index (χ4v) is 3.82. The predicted octanol–water partition coefficient (Wildman–Crippen LogP) is 2.98. The number of nitrogens with zero attached hydrogens (tertiary/aromatic N) is 3. The lowest BCUT2D eigenvalue weighted by molar-refractivity contribution is 0.271. The van der Waals surface area contributed by atoms with Crippen LogP contribution in [0.15, 0.2) is 28.7 Å². The highest BCUT2D eigenvalue weighted by atomic mass is 16.5. The quantitative estimate of drug-likeness (QED) is 0.868. The van der Waals surface area contributed by atoms with Gasteiger partial charge in [-0.3, -0.25) is 4.90 Å². The average molecular weight is 299 g/mol. The first kappa shape index (κ1) is 13.8. The van der Waals surface area contributed by atoms with Crippen molar-refractivity contribution in [1.29, 1.82) is 0 Å². The van der Waals surface area contributed by atoms with Crippen molar-refractivity contribution in [3.63, 3.8) is 0 Å². The molecular formula is C17H21N3O2. The summed E-state index contributed by atoms with van der Waals surface area (Å²) < 4.78 is 11.0. The van der Waals surface area contributed by atoms with Crippen LogP contribution in [0.25, 0.3) is 11.5 Å². The second kappa shape index (κ2) is 5.72. The third kappa shape index (κ3) is 2.61. The molecule has 1 aliphatic heterocycles. The number of ether oxygens (including phenoxy) is 1. The van der Waals surface area contributed by atoms with Crippen LogP contribution in [0.1, 0.15) is 25.2 Å². The minimum atomic E-state index is 0.581. The van der Waals surface area contributed by atoms with Crippen LogP contribution < -0.4 is 4.74 Å². The summed E-state index contributed by atoms with van der Waals surface area (Å²) in [4.78, 5) is 2.46. The highest BCUT2D eigenvalue weighted by Gasteiger charge is 2.36. The highest BCUT2D eigenvalue weighted by molar-refractivity contribution is 5.53. The van der Waals surface area contributed by atoms with Gasteiger partial charge in [0, 0.05) is 18.7 Å². The smallest absolute Gasteiger partial charge is 0.247 e. The van der Waals surface area contributed by atoms with Gasteiger partial charge in [-0.2, -0.15) is 0 Å². The molecule has 0 N–H and O–H groups in total. The van der Waals surface area contributed by atoms with E-state index in [9.17, 15) is 0 Å². The molecule has 1 aromatic carbocycles. The molecule has 2 fully saturated rings. The number of likely N-dealkylation sites (tertiary alicyclic amines) is 1. The fraction of sp³-hybridized carbons (Fsp3) is 0.529. The van der Waals surface area contributed by atoms with E-state index in [0.29, 0.717) is 11.8 Å². The maximum Gasteiger partial charge on any atom is 0.247 e. The lowest BCUT2D eigenvalue weighted by atomic mass is 10.0. The Kier molecular flexibility index (Phi) is 3.58. The molecule has 0 radical (unpaired) electrons. The summed E-state index contributed by atoms with van der Waals surface area (Å²) in [6.07, 6.45) is 4.19. The molecule has 0 bridgehead atoms. The van der Waals surface area contributed by atoms with Gasteiger partial charge in [-0.1, -0.05) is 6.42 Å². The summed E-state index contributed by atoms with van der Waals surface area (Å²) in [6, 6.07) is 7.69. The SMILES string of the molecule is COc1ccc(-c2nnc(CN3C[C@H]4CCC[C@H]4C3)o2)cc1. The molecule has 0 unspecified atom stereocenters. The predicted molar refractivity (Wildman–Crippen MR) is 82.4 cm³/mol. The minimum Gasteiger partial charge on any atom is -0.497 e. The van der Waals surface area contributed by atoms with Crippen molar-refractivity contribution in [2.24, 2.45) is 11.8 Å². The molecule has 5 heteroatoms. The molecule has 1 aliphatic carbocycles. The molecule has 2 aromatic rings. The highest BCUT2D eigenvalue weighted by Crippen LogP contribution is 2.38. The Labute approximate surface area is 130 Å². The van der Waals surface area contributed by atoms with E-state index >= 15 is 0 Å². The molecule has 2 heterocycles. The first-order valence-corrected chi connectivity index (χ1v) is 8.01. The van der Waals surface area contributed by atoms with Crippen molar-refractivity contribution in [2.45, 2.75) is 25.8 Å². The monoisotopic (exact) mass is 299 g/mol. The maximum atomic E-state index is 5.82. The number of hydrogen-bond acceptors (Lipinski definition) is 5. The molecule has 4 rings (SSSR count). The van der Waals surface area contributed by atoms with Crippen molar-refractivity contribution in [3.05, 3.63) is 30.2 Å². The second-order valence-corrected chi connectivity index (χ2v) is 6.37. The van der Waals surface area contributed by atoms with E-state index in [1.54, 1.807) is 7.11 Å². The number of hydrogen-bond donors (Lipinski definition) is 0. The maximum absolute atomic E-state index is 5.82. The lowest BCUT2D eigenvalue weighted by Crippen LogP contribution is -2.21. The number of methoxy groups -OCH3 is 1. The zero-order chi connectivity index (χ0) is 14.9. The van der Waals surface area contributed by atoms with Crippen LogP contribution in [0.3, 0.4) is 0 Å². The van der Waals surface area contributed by atoms with Crippen LogP contribution in [0.5, 0.6) is 5.75 Å². The molecule has 22 heavy (non-hydrogen) atoms. The van der Waals surface area contributed by atoms with E-state index < -0.39 is 0 Å². The van der Waals surface area contributed by atoms with Gasteiger partial charge < -0.3 is 9.15 Å². The van der Waals surface area contributed by atoms with E-state index in [4.69, 9.17) is 9.15 Å². The van der Waals surface area contributed by atoms with Crippen LogP contribution in [-0.4, -0.2) is 35.3 Å². The largest absolute Gasteiger partial charge is 0.497 e. The summed E-state index contributed by atoms with van der Waals surface area (Å²) in [5, 5.41) is 8.38. The first-order chi connectivity index (χ1) is 10.8. The number of benzene rings is 1. The lowest BCUT2D eigenvalue weighted by Gasteiger charge is -2.13. The number of fused-ring (bicyclic) bond motifs is 1. The summed E-state index contributed by atoms with van der Waals surface area (Å²) in [5.74, 6) is 3.91. The summed E-state index contributed by atoms with van der Waals surface area (Å²) in [6.45, 7) is 3.14. The first-order valence-electron chi connectivity index (χ1n) is 8.01. The zero-order valence-electron chi connectivity index (χ0n) is 12.9. The van der Waals surface area contributed by atoms with Crippen molar-refractivity contribution in [3.8, 4) is 17.2 Å². The van der Waals surface area contributed by atoms with Gasteiger partial charge in [-0.15, -0.1) is 10.2 Å². The molecular weight excluding hydrogens is 278 g/mol. The zero-order valence-corrected chi connectivity index (χ0v) is 12.9. The topological polar surface area (TPSA) is 51.4 Å². The summed E-state index contributed by atoms with van der Waals surface area (Å²) in [7, 11) is 1.66. The standard InChI is InChI=1S/C17H21N3O2/c1-21-15-7-5-12(6-8-15)17-19-18-16(22-17)11-20-9-13-3-2-4-14(13)10-20/h5-8,13-14H,2-4,9-11H2,1H3/t13-,14+. The number of aromatic nitrogens is 2. The van der Waals surface area contributed by atoms with Crippen LogP contribution in [-0.2, 0) is 6.54 Å². The van der Waals surface area contributed by atoms with Crippen molar-refractivity contribution >= 4 is 0 Å². The van der Waals surface area contributed by atoms with Crippen molar-refractivity contribution < 1.29 is 9.15 Å². The van der Waals surface area contributed by atoms with Gasteiger partial charge >= 0.3 is 0 Å². The molecule has 116 valence electrons. The Hall–Kier alpha value is -1.88. The Morgan fingerprint density at radius 2 is 1.86 bits per heavy atom. The van der Waals surface area contributed by atoms with Crippen LogP contribution in [0.2, 0.25) is 0 Å². The Morgan fingerprint density at radius 3 is 2.55 bits per heavy atom. The van der Waals surface area contributed by atoms with E-state index in [-0.39, 0.29) is 0 Å². The van der Waals surface area contributed by atoms with Crippen molar-refractivity contribution in [2.75, 3.05) is 20.2 Å². The molecule has 1 saturated heterocycles. The Bertz CT molecular complexity index is 626. The van der Waals surface area contributed by atoms with E-state index in [1.807, 2.05) is 24.3 Å². The second-order valence-electron chi connectivity index (χ2n) is 6.37. The van der Waals surface area contributed by atoms with Gasteiger partial charge in [0.2, 0.25) is 11.8 Å². The molecule has 2 aliphatic rings. The molecule has 0 amide bonds. The van der Waals surface area contributed by atoms with Gasteiger partial charge in [0.25, 0.3) is 0 Å². The molecule has 0 spiro atoms. The fourth-order valence-electron chi connectivity index (χ4n) is 3.82. The minimum absolute atomic E-state index is 0.581. The number of rotatable bonds is 4. The Morgan fingerprint density at radius 1 is 1.14 bits per heavy atom. The third-order valence-electron chi connectivity index (χ3n) is 4.96. The summed E-state index contributed by atoms with van der Waals surface area (Å²) >= 11 is 0. The Balaban J connectivity index is 1.43. The van der Waals surface area contributed by atoms with Gasteiger partial charge in [-0.25, -0.2) is 0 Å². The van der Waals surface area contributed by atoms with Gasteiger partial charge in [-0.05, 0) is 48.9 Å². The van der Waals surface area contributed by atoms with Gasteiger partial charge in [0.05, 0.1) is 13.7 Å².